The van der Waals surface area contributed by atoms with Gasteiger partial charge in [-0.2, -0.15) is 0 Å². The Morgan fingerprint density at radius 1 is 1.14 bits per heavy atom. The topological polar surface area (TPSA) is 29.5 Å². The third-order valence-corrected chi connectivity index (χ3v) is 3.95. The lowest BCUT2D eigenvalue weighted by molar-refractivity contribution is 0.190. The van der Waals surface area contributed by atoms with E-state index >= 15 is 0 Å². The summed E-state index contributed by atoms with van der Waals surface area (Å²) in [5.41, 5.74) is 2.53. The molecule has 112 valence electrons. The summed E-state index contributed by atoms with van der Waals surface area (Å²) >= 11 is 3.43. The van der Waals surface area contributed by atoms with Gasteiger partial charge in [0.05, 0.1) is 6.61 Å². The van der Waals surface area contributed by atoms with Gasteiger partial charge in [-0.1, -0.05) is 51.8 Å². The summed E-state index contributed by atoms with van der Waals surface area (Å²) < 4.78 is 6.75. The molecule has 1 N–H and O–H groups in total. The maximum absolute atomic E-state index is 9.53. The van der Waals surface area contributed by atoms with Crippen LogP contribution in [0.3, 0.4) is 0 Å². The highest BCUT2D eigenvalue weighted by Crippen LogP contribution is 2.19. The summed E-state index contributed by atoms with van der Waals surface area (Å²) in [6, 6.07) is 16.3. The molecule has 0 amide bonds. The van der Waals surface area contributed by atoms with Gasteiger partial charge in [0.25, 0.3) is 0 Å². The fourth-order valence-electron chi connectivity index (χ4n) is 2.33. The van der Waals surface area contributed by atoms with Crippen molar-refractivity contribution in [1.29, 1.82) is 0 Å². The molecule has 2 nitrogen and oxygen atoms in total. The van der Waals surface area contributed by atoms with E-state index < -0.39 is 0 Å². The van der Waals surface area contributed by atoms with E-state index in [-0.39, 0.29) is 12.5 Å². The minimum atomic E-state index is 0.190. The summed E-state index contributed by atoms with van der Waals surface area (Å²) in [4.78, 5) is 0. The number of hydrogen-bond donors (Lipinski definition) is 1. The zero-order valence-electron chi connectivity index (χ0n) is 12.3. The molecule has 0 saturated heterocycles. The molecule has 0 aromatic heterocycles. The average molecular weight is 349 g/mol. The van der Waals surface area contributed by atoms with Crippen molar-refractivity contribution in [3.05, 3.63) is 64.1 Å². The Morgan fingerprint density at radius 3 is 2.67 bits per heavy atom. The fourth-order valence-corrected chi connectivity index (χ4v) is 2.71. The zero-order valence-corrected chi connectivity index (χ0v) is 13.8. The first kappa shape index (κ1) is 16.1. The predicted molar refractivity (Wildman–Crippen MR) is 89.7 cm³/mol. The maximum Gasteiger partial charge on any atom is 0.120 e. The van der Waals surface area contributed by atoms with Gasteiger partial charge >= 0.3 is 0 Å². The van der Waals surface area contributed by atoms with E-state index in [2.05, 4.69) is 47.1 Å². The van der Waals surface area contributed by atoms with Crippen LogP contribution in [-0.4, -0.2) is 18.3 Å². The predicted octanol–water partition coefficient (Wildman–Crippen LogP) is 4.38. The van der Waals surface area contributed by atoms with Crippen molar-refractivity contribution >= 4 is 15.9 Å². The molecule has 0 bridgehead atoms. The normalized spacial score (nSPS) is 12.1. The van der Waals surface area contributed by atoms with Crippen molar-refractivity contribution in [3.63, 3.8) is 0 Å². The number of aliphatic hydroxyl groups excluding tert-OH is 1. The van der Waals surface area contributed by atoms with Crippen molar-refractivity contribution in [2.75, 3.05) is 13.2 Å². The second-order valence-electron chi connectivity index (χ2n) is 5.34. The number of rotatable bonds is 7. The molecule has 0 aliphatic carbocycles. The van der Waals surface area contributed by atoms with Crippen LogP contribution in [0.1, 0.15) is 17.5 Å². The molecule has 21 heavy (non-hydrogen) atoms. The van der Waals surface area contributed by atoms with E-state index in [0.29, 0.717) is 6.61 Å². The molecule has 0 aliphatic rings. The van der Waals surface area contributed by atoms with Gasteiger partial charge in [0.2, 0.25) is 0 Å². The van der Waals surface area contributed by atoms with Crippen molar-refractivity contribution < 1.29 is 9.84 Å². The van der Waals surface area contributed by atoms with Gasteiger partial charge in [-0.3, -0.25) is 0 Å². The zero-order chi connectivity index (χ0) is 15.1. The SMILES string of the molecule is Cc1cccc(CC(CO)CCOc2cccc(Br)c2)c1. The maximum atomic E-state index is 9.53. The van der Waals surface area contributed by atoms with Gasteiger partial charge in [-0.25, -0.2) is 0 Å². The second kappa shape index (κ2) is 8.20. The summed E-state index contributed by atoms with van der Waals surface area (Å²) in [6.07, 6.45) is 1.73. The molecule has 3 heteroatoms. The van der Waals surface area contributed by atoms with Crippen LogP contribution < -0.4 is 4.74 Å². The van der Waals surface area contributed by atoms with Crippen LogP contribution in [-0.2, 0) is 6.42 Å². The number of aryl methyl sites for hydroxylation is 1. The quantitative estimate of drug-likeness (QED) is 0.804. The van der Waals surface area contributed by atoms with Gasteiger partial charge in [-0.15, -0.1) is 0 Å². The molecule has 1 atom stereocenters. The molecule has 2 aromatic carbocycles. The first-order valence-corrected chi connectivity index (χ1v) is 8.01. The first-order chi connectivity index (χ1) is 10.2. The Labute approximate surface area is 134 Å². The average Bonchev–Trinajstić information content (AvgIpc) is 2.46. The van der Waals surface area contributed by atoms with E-state index in [9.17, 15) is 5.11 Å². The van der Waals surface area contributed by atoms with E-state index in [1.807, 2.05) is 24.3 Å². The van der Waals surface area contributed by atoms with Gasteiger partial charge < -0.3 is 9.84 Å². The molecule has 2 aromatic rings. The van der Waals surface area contributed by atoms with Crippen LogP contribution >= 0.6 is 15.9 Å². The third kappa shape index (κ3) is 5.52. The van der Waals surface area contributed by atoms with Crippen molar-refractivity contribution in [2.45, 2.75) is 19.8 Å². The molecular formula is C18H21BrO2. The van der Waals surface area contributed by atoms with Crippen LogP contribution in [0.5, 0.6) is 5.75 Å². The van der Waals surface area contributed by atoms with Gasteiger partial charge in [0.15, 0.2) is 0 Å². The largest absolute Gasteiger partial charge is 0.494 e. The molecular weight excluding hydrogens is 328 g/mol. The third-order valence-electron chi connectivity index (χ3n) is 3.46. The smallest absolute Gasteiger partial charge is 0.120 e. The molecule has 1 unspecified atom stereocenters. The number of ether oxygens (including phenoxy) is 1. The molecule has 0 heterocycles. The molecule has 0 fully saturated rings. The Balaban J connectivity index is 1.82. The van der Waals surface area contributed by atoms with Crippen LogP contribution in [0.25, 0.3) is 0 Å². The van der Waals surface area contributed by atoms with Crippen LogP contribution in [0.2, 0.25) is 0 Å². The lowest BCUT2D eigenvalue weighted by atomic mass is 9.96. The van der Waals surface area contributed by atoms with E-state index in [0.717, 1.165) is 23.1 Å². The molecule has 0 spiro atoms. The number of halogens is 1. The molecule has 0 aliphatic heterocycles. The van der Waals surface area contributed by atoms with Crippen molar-refractivity contribution in [2.24, 2.45) is 5.92 Å². The summed E-state index contributed by atoms with van der Waals surface area (Å²) in [5.74, 6) is 1.09. The standard InChI is InChI=1S/C18H21BrO2/c1-14-4-2-5-15(10-14)11-16(13-20)8-9-21-18-7-3-6-17(19)12-18/h2-7,10,12,16,20H,8-9,11,13H2,1H3. The second-order valence-corrected chi connectivity index (χ2v) is 6.25. The number of aliphatic hydroxyl groups is 1. The van der Waals surface area contributed by atoms with Gasteiger partial charge in [0.1, 0.15) is 5.75 Å². The Morgan fingerprint density at radius 2 is 1.95 bits per heavy atom. The first-order valence-electron chi connectivity index (χ1n) is 7.22. The highest BCUT2D eigenvalue weighted by Gasteiger charge is 2.09. The molecule has 0 radical (unpaired) electrons. The van der Waals surface area contributed by atoms with Crippen LogP contribution in [0, 0.1) is 12.8 Å². The highest BCUT2D eigenvalue weighted by molar-refractivity contribution is 9.10. The van der Waals surface area contributed by atoms with E-state index in [1.165, 1.54) is 11.1 Å². The monoisotopic (exact) mass is 348 g/mol. The van der Waals surface area contributed by atoms with E-state index in [4.69, 9.17) is 4.74 Å². The Hall–Kier alpha value is -1.32. The fraction of sp³-hybridized carbons (Fsp3) is 0.333. The minimum absolute atomic E-state index is 0.190. The molecule has 2 rings (SSSR count). The van der Waals surface area contributed by atoms with Crippen LogP contribution in [0.4, 0.5) is 0 Å². The summed E-state index contributed by atoms with van der Waals surface area (Å²) in [7, 11) is 0. The number of benzene rings is 2. The minimum Gasteiger partial charge on any atom is -0.494 e. The Bertz CT molecular complexity index is 569. The summed E-state index contributed by atoms with van der Waals surface area (Å²) in [6.45, 7) is 2.90. The van der Waals surface area contributed by atoms with Crippen molar-refractivity contribution in [1.82, 2.24) is 0 Å². The number of hydrogen-bond acceptors (Lipinski definition) is 2. The Kier molecular flexibility index (Phi) is 6.27. The lowest BCUT2D eigenvalue weighted by Gasteiger charge is -2.15. The van der Waals surface area contributed by atoms with Crippen LogP contribution in [0.15, 0.2) is 53.0 Å². The van der Waals surface area contributed by atoms with Gasteiger partial charge in [0, 0.05) is 11.1 Å². The van der Waals surface area contributed by atoms with Crippen molar-refractivity contribution in [3.8, 4) is 5.75 Å². The highest BCUT2D eigenvalue weighted by atomic mass is 79.9. The lowest BCUT2D eigenvalue weighted by Crippen LogP contribution is -2.14. The molecule has 0 saturated carbocycles. The van der Waals surface area contributed by atoms with Gasteiger partial charge in [-0.05, 0) is 49.4 Å². The van der Waals surface area contributed by atoms with E-state index in [1.54, 1.807) is 0 Å². The summed E-state index contributed by atoms with van der Waals surface area (Å²) in [5, 5.41) is 9.53.